The summed E-state index contributed by atoms with van der Waals surface area (Å²) in [7, 11) is 3.07. The van der Waals surface area contributed by atoms with Crippen LogP contribution in [0.4, 0.5) is 0 Å². The van der Waals surface area contributed by atoms with E-state index in [1.807, 2.05) is 0 Å². The van der Waals surface area contributed by atoms with E-state index in [1.54, 1.807) is 63.4 Å². The van der Waals surface area contributed by atoms with Crippen molar-refractivity contribution in [1.29, 1.82) is 0 Å². The lowest BCUT2D eigenvalue weighted by Crippen LogP contribution is -2.40. The van der Waals surface area contributed by atoms with Gasteiger partial charge in [-0.1, -0.05) is 46.7 Å². The smallest absolute Gasteiger partial charge is 0.338 e. The van der Waals surface area contributed by atoms with E-state index in [-0.39, 0.29) is 17.7 Å². The van der Waals surface area contributed by atoms with Gasteiger partial charge in [0, 0.05) is 11.6 Å². The van der Waals surface area contributed by atoms with Gasteiger partial charge in [0.05, 0.1) is 46.7 Å². The number of nitrogens with zero attached hydrogens (tertiary/aromatic N) is 2. The third-order valence-corrected chi connectivity index (χ3v) is 7.34. The lowest BCUT2D eigenvalue weighted by atomic mass is 9.95. The number of rotatable bonds is 6. The van der Waals surface area contributed by atoms with E-state index in [9.17, 15) is 9.59 Å². The maximum absolute atomic E-state index is 13.7. The summed E-state index contributed by atoms with van der Waals surface area (Å²) in [6, 6.07) is 9.60. The molecule has 3 aromatic rings. The molecule has 0 amide bonds. The molecular formula is C25H22Cl2N2O5S. The quantitative estimate of drug-likeness (QED) is 0.446. The molecule has 4 rings (SSSR count). The fraction of sp³-hybridized carbons (Fsp3) is 0.240. The summed E-state index contributed by atoms with van der Waals surface area (Å²) >= 11 is 13.7. The van der Waals surface area contributed by atoms with E-state index in [1.165, 1.54) is 23.0 Å². The molecule has 7 nitrogen and oxygen atoms in total. The van der Waals surface area contributed by atoms with Gasteiger partial charge in [-0.3, -0.25) is 9.36 Å². The minimum atomic E-state index is -0.817. The number of fused-ring (bicyclic) bond motifs is 1. The second-order valence-corrected chi connectivity index (χ2v) is 9.35. The lowest BCUT2D eigenvalue weighted by molar-refractivity contribution is -0.139. The van der Waals surface area contributed by atoms with Gasteiger partial charge in [-0.2, -0.15) is 0 Å². The summed E-state index contributed by atoms with van der Waals surface area (Å²) < 4.78 is 18.1. The summed E-state index contributed by atoms with van der Waals surface area (Å²) in [6.45, 7) is 3.63. The minimum Gasteiger partial charge on any atom is -0.497 e. The van der Waals surface area contributed by atoms with Crippen molar-refractivity contribution in [3.63, 3.8) is 0 Å². The van der Waals surface area contributed by atoms with Crippen molar-refractivity contribution in [1.82, 2.24) is 4.57 Å². The van der Waals surface area contributed by atoms with Crippen LogP contribution in [-0.4, -0.2) is 31.4 Å². The molecule has 35 heavy (non-hydrogen) atoms. The number of hydrogen-bond acceptors (Lipinski definition) is 7. The number of esters is 1. The number of thiazole rings is 1. The van der Waals surface area contributed by atoms with Crippen LogP contribution in [0.25, 0.3) is 6.08 Å². The van der Waals surface area contributed by atoms with E-state index in [2.05, 4.69) is 4.99 Å². The molecule has 2 aromatic carbocycles. The largest absolute Gasteiger partial charge is 0.497 e. The van der Waals surface area contributed by atoms with Crippen LogP contribution in [0.2, 0.25) is 10.0 Å². The van der Waals surface area contributed by atoms with E-state index in [4.69, 9.17) is 37.4 Å². The molecular weight excluding hydrogens is 511 g/mol. The van der Waals surface area contributed by atoms with E-state index >= 15 is 0 Å². The third-order valence-electron chi connectivity index (χ3n) is 5.52. The second-order valence-electron chi connectivity index (χ2n) is 7.55. The van der Waals surface area contributed by atoms with Crippen molar-refractivity contribution in [2.24, 2.45) is 4.99 Å². The number of hydrogen-bond donors (Lipinski definition) is 0. The van der Waals surface area contributed by atoms with Crippen LogP contribution in [0.1, 0.15) is 31.0 Å². The van der Waals surface area contributed by atoms with E-state index in [0.717, 1.165) is 0 Å². The molecule has 0 unspecified atom stereocenters. The Morgan fingerprint density at radius 3 is 2.66 bits per heavy atom. The summed E-state index contributed by atoms with van der Waals surface area (Å²) in [4.78, 5) is 31.8. The molecule has 2 heterocycles. The average Bonchev–Trinajstić information content (AvgIpc) is 3.15. The van der Waals surface area contributed by atoms with Crippen LogP contribution >= 0.6 is 34.5 Å². The Hall–Kier alpha value is -3.07. The maximum Gasteiger partial charge on any atom is 0.338 e. The predicted molar refractivity (Wildman–Crippen MR) is 136 cm³/mol. The maximum atomic E-state index is 13.7. The highest BCUT2D eigenvalue weighted by Crippen LogP contribution is 2.37. The molecule has 0 radical (unpaired) electrons. The highest BCUT2D eigenvalue weighted by atomic mass is 35.5. The molecule has 0 spiro atoms. The summed E-state index contributed by atoms with van der Waals surface area (Å²) in [6.07, 6.45) is 1.67. The Bertz CT molecular complexity index is 1520. The molecule has 182 valence electrons. The normalized spacial score (nSPS) is 15.5. The Morgan fingerprint density at radius 1 is 1.20 bits per heavy atom. The highest BCUT2D eigenvalue weighted by Gasteiger charge is 2.35. The highest BCUT2D eigenvalue weighted by molar-refractivity contribution is 7.07. The van der Waals surface area contributed by atoms with Crippen molar-refractivity contribution >= 4 is 46.6 Å². The molecule has 1 atom stereocenters. The number of halogens is 2. The molecule has 1 aliphatic rings. The van der Waals surface area contributed by atoms with Gasteiger partial charge in [0.15, 0.2) is 4.80 Å². The molecule has 0 fully saturated rings. The second kappa shape index (κ2) is 10.3. The number of aromatic nitrogens is 1. The molecule has 0 saturated heterocycles. The van der Waals surface area contributed by atoms with Gasteiger partial charge in [0.1, 0.15) is 17.5 Å². The lowest BCUT2D eigenvalue weighted by Gasteiger charge is -2.26. The topological polar surface area (TPSA) is 79.1 Å². The van der Waals surface area contributed by atoms with Crippen LogP contribution in [-0.2, 0) is 9.53 Å². The number of ether oxygens (including phenoxy) is 3. The molecule has 0 saturated carbocycles. The molecule has 10 heteroatoms. The fourth-order valence-electron chi connectivity index (χ4n) is 3.90. The van der Waals surface area contributed by atoms with Crippen LogP contribution in [0.3, 0.4) is 0 Å². The van der Waals surface area contributed by atoms with Crippen molar-refractivity contribution < 1.29 is 19.0 Å². The number of carbonyl (C=O) groups is 1. The Morgan fingerprint density at radius 2 is 1.97 bits per heavy atom. The summed E-state index contributed by atoms with van der Waals surface area (Å²) in [5.74, 6) is 0.481. The van der Waals surface area contributed by atoms with Crippen LogP contribution in [0.5, 0.6) is 11.5 Å². The zero-order valence-corrected chi connectivity index (χ0v) is 21.8. The first-order chi connectivity index (χ1) is 16.8. The Labute approximate surface area is 215 Å². The molecule has 0 N–H and O–H groups in total. The van der Waals surface area contributed by atoms with Crippen LogP contribution in [0, 0.1) is 0 Å². The fourth-order valence-corrected chi connectivity index (χ4v) is 5.30. The Kier molecular flexibility index (Phi) is 7.35. The molecule has 0 aliphatic carbocycles. The number of allylic oxidation sites excluding steroid dienone is 1. The van der Waals surface area contributed by atoms with E-state index < -0.39 is 12.0 Å². The van der Waals surface area contributed by atoms with E-state index in [0.29, 0.717) is 47.7 Å². The van der Waals surface area contributed by atoms with Gasteiger partial charge >= 0.3 is 5.97 Å². The molecule has 0 bridgehead atoms. The third kappa shape index (κ3) is 4.61. The molecule has 1 aromatic heterocycles. The standard InChI is InChI=1S/C25H22Cl2N2O5S/c1-5-34-24(31)20-13(2)28-25-29(22(20)16-10-9-15(32-3)12-18(16)33-4)23(30)19(35-25)11-14-7-6-8-17(26)21(14)27/h6-12,22H,5H2,1-4H3/b19-11-/t22-/m1/s1. The first-order valence-electron chi connectivity index (χ1n) is 10.7. The minimum absolute atomic E-state index is 0.180. The first-order valence-corrected chi connectivity index (χ1v) is 12.2. The van der Waals surface area contributed by atoms with Gasteiger partial charge in [-0.15, -0.1) is 0 Å². The number of benzene rings is 2. The van der Waals surface area contributed by atoms with Crippen molar-refractivity contribution in [2.45, 2.75) is 19.9 Å². The average molecular weight is 533 g/mol. The van der Waals surface area contributed by atoms with Gasteiger partial charge < -0.3 is 14.2 Å². The zero-order chi connectivity index (χ0) is 25.3. The van der Waals surface area contributed by atoms with Crippen LogP contribution < -0.4 is 24.4 Å². The summed E-state index contributed by atoms with van der Waals surface area (Å²) in [5, 5.41) is 0.728. The van der Waals surface area contributed by atoms with Crippen LogP contribution in [0.15, 0.2) is 57.5 Å². The summed E-state index contributed by atoms with van der Waals surface area (Å²) in [5.41, 5.74) is 1.58. The van der Waals surface area contributed by atoms with Gasteiger partial charge in [0.2, 0.25) is 0 Å². The molecule has 1 aliphatic heterocycles. The van der Waals surface area contributed by atoms with Gasteiger partial charge in [0.25, 0.3) is 5.56 Å². The number of methoxy groups -OCH3 is 2. The van der Waals surface area contributed by atoms with Gasteiger partial charge in [-0.05, 0) is 43.7 Å². The predicted octanol–water partition coefficient (Wildman–Crippen LogP) is 4.12. The number of carbonyl (C=O) groups excluding carboxylic acids is 1. The monoisotopic (exact) mass is 532 g/mol. The van der Waals surface area contributed by atoms with Crippen molar-refractivity contribution in [3.05, 3.63) is 88.5 Å². The van der Waals surface area contributed by atoms with Crippen molar-refractivity contribution in [2.75, 3.05) is 20.8 Å². The van der Waals surface area contributed by atoms with Gasteiger partial charge in [-0.25, -0.2) is 9.79 Å². The first kappa shape index (κ1) is 25.0. The van der Waals surface area contributed by atoms with Crippen molar-refractivity contribution in [3.8, 4) is 11.5 Å². The SMILES string of the molecule is CCOC(=O)C1=C(C)N=c2s/c(=C\c3cccc(Cl)c3Cl)c(=O)n2[C@@H]1c1ccc(OC)cc1OC. The Balaban J connectivity index is 2.01. The zero-order valence-electron chi connectivity index (χ0n) is 19.4.